The topological polar surface area (TPSA) is 64.1 Å². The van der Waals surface area contributed by atoms with Crippen LogP contribution in [0, 0.1) is 5.41 Å². The van der Waals surface area contributed by atoms with Gasteiger partial charge in [-0.1, -0.05) is 13.0 Å². The van der Waals surface area contributed by atoms with Gasteiger partial charge in [-0.3, -0.25) is 4.99 Å². The van der Waals surface area contributed by atoms with Crippen molar-refractivity contribution in [1.82, 2.24) is 10.6 Å². The zero-order chi connectivity index (χ0) is 16.7. The third-order valence-electron chi connectivity index (χ3n) is 3.96. The molecule has 24 heavy (non-hydrogen) atoms. The van der Waals surface area contributed by atoms with Crippen LogP contribution < -0.4 is 20.1 Å². The predicted octanol–water partition coefficient (Wildman–Crippen LogP) is 2.07. The van der Waals surface area contributed by atoms with Crippen molar-refractivity contribution < 1.29 is 14.2 Å². The van der Waals surface area contributed by atoms with Crippen LogP contribution in [0.25, 0.3) is 0 Å². The summed E-state index contributed by atoms with van der Waals surface area (Å²) in [6, 6.07) is 5.98. The zero-order valence-corrected chi connectivity index (χ0v) is 17.2. The van der Waals surface area contributed by atoms with Crippen molar-refractivity contribution >= 4 is 29.9 Å². The average molecular weight is 449 g/mol. The van der Waals surface area contributed by atoms with E-state index in [-0.39, 0.29) is 29.4 Å². The number of halogens is 1. The van der Waals surface area contributed by atoms with Gasteiger partial charge in [-0.05, 0) is 24.1 Å². The smallest absolute Gasteiger partial charge is 0.191 e. The summed E-state index contributed by atoms with van der Waals surface area (Å²) in [4.78, 5) is 4.25. The normalized spacial score (nSPS) is 15.8. The molecule has 1 fully saturated rings. The number of rotatable bonds is 7. The molecule has 0 saturated carbocycles. The second kappa shape index (κ2) is 9.93. The second-order valence-electron chi connectivity index (χ2n) is 6.10. The molecule has 0 unspecified atom stereocenters. The molecule has 0 atom stereocenters. The lowest BCUT2D eigenvalue weighted by molar-refractivity contribution is -0.0971. The largest absolute Gasteiger partial charge is 0.493 e. The van der Waals surface area contributed by atoms with E-state index in [4.69, 9.17) is 14.2 Å². The lowest BCUT2D eigenvalue weighted by Crippen LogP contribution is -2.51. The highest BCUT2D eigenvalue weighted by molar-refractivity contribution is 14.0. The van der Waals surface area contributed by atoms with Crippen molar-refractivity contribution in [3.05, 3.63) is 23.8 Å². The summed E-state index contributed by atoms with van der Waals surface area (Å²) in [7, 11) is 5.07. The molecule has 1 aromatic rings. The fourth-order valence-corrected chi connectivity index (χ4v) is 2.43. The van der Waals surface area contributed by atoms with Gasteiger partial charge in [0, 0.05) is 25.6 Å². The number of methoxy groups -OCH3 is 2. The minimum absolute atomic E-state index is 0. The Balaban J connectivity index is 0.00000288. The Hall–Kier alpha value is -1.22. The molecule has 6 nitrogen and oxygen atoms in total. The summed E-state index contributed by atoms with van der Waals surface area (Å²) in [5.41, 5.74) is 1.41. The van der Waals surface area contributed by atoms with Crippen molar-refractivity contribution in [2.75, 3.05) is 47.6 Å². The Morgan fingerprint density at radius 2 is 1.92 bits per heavy atom. The van der Waals surface area contributed by atoms with Crippen molar-refractivity contribution in [2.24, 2.45) is 10.4 Å². The molecule has 1 aromatic carbocycles. The van der Waals surface area contributed by atoms with Crippen molar-refractivity contribution in [2.45, 2.75) is 13.3 Å². The van der Waals surface area contributed by atoms with Crippen LogP contribution in [0.1, 0.15) is 12.5 Å². The monoisotopic (exact) mass is 449 g/mol. The van der Waals surface area contributed by atoms with E-state index in [1.54, 1.807) is 21.3 Å². The van der Waals surface area contributed by atoms with Crippen LogP contribution in [0.4, 0.5) is 0 Å². The lowest BCUT2D eigenvalue weighted by atomic mass is 9.89. The summed E-state index contributed by atoms with van der Waals surface area (Å²) < 4.78 is 15.8. The third kappa shape index (κ3) is 5.70. The van der Waals surface area contributed by atoms with Crippen LogP contribution in [-0.4, -0.2) is 53.5 Å². The number of ether oxygens (including phenoxy) is 3. The molecule has 0 bridgehead atoms. The summed E-state index contributed by atoms with van der Waals surface area (Å²) in [5, 5.41) is 6.68. The highest BCUT2D eigenvalue weighted by atomic mass is 127. The highest BCUT2D eigenvalue weighted by Gasteiger charge is 2.33. The summed E-state index contributed by atoms with van der Waals surface area (Å²) >= 11 is 0. The molecule has 2 rings (SSSR count). The maximum absolute atomic E-state index is 5.33. The molecule has 1 saturated heterocycles. The molecule has 1 heterocycles. The van der Waals surface area contributed by atoms with E-state index in [2.05, 4.69) is 22.5 Å². The Morgan fingerprint density at radius 1 is 1.21 bits per heavy atom. The average Bonchev–Trinajstić information content (AvgIpc) is 2.55. The van der Waals surface area contributed by atoms with E-state index < -0.39 is 0 Å². The second-order valence-corrected chi connectivity index (χ2v) is 6.10. The van der Waals surface area contributed by atoms with Gasteiger partial charge in [0.15, 0.2) is 17.5 Å². The molecule has 0 aliphatic carbocycles. The highest BCUT2D eigenvalue weighted by Crippen LogP contribution is 2.27. The molecule has 0 amide bonds. The van der Waals surface area contributed by atoms with Gasteiger partial charge in [0.2, 0.25) is 0 Å². The number of guanidine groups is 1. The van der Waals surface area contributed by atoms with Crippen LogP contribution in [0.5, 0.6) is 11.5 Å². The van der Waals surface area contributed by atoms with Crippen LogP contribution in [0.3, 0.4) is 0 Å². The number of nitrogens with zero attached hydrogens (tertiary/aromatic N) is 1. The molecule has 0 radical (unpaired) electrons. The number of nitrogens with one attached hydrogen (secondary N) is 2. The summed E-state index contributed by atoms with van der Waals surface area (Å²) in [5.74, 6) is 2.32. The Kier molecular flexibility index (Phi) is 8.61. The molecule has 0 spiro atoms. The quantitative estimate of drug-likeness (QED) is 0.379. The maximum atomic E-state index is 5.33. The molecule has 2 N–H and O–H groups in total. The molecule has 7 heteroatoms. The van der Waals surface area contributed by atoms with Gasteiger partial charge in [0.25, 0.3) is 0 Å². The minimum atomic E-state index is 0. The van der Waals surface area contributed by atoms with Crippen LogP contribution in [-0.2, 0) is 11.2 Å². The first-order valence-corrected chi connectivity index (χ1v) is 7.83. The Bertz CT molecular complexity index is 548. The molecule has 136 valence electrons. The van der Waals surface area contributed by atoms with Gasteiger partial charge in [0.05, 0.1) is 27.4 Å². The first-order chi connectivity index (χ1) is 11.1. The predicted molar refractivity (Wildman–Crippen MR) is 107 cm³/mol. The van der Waals surface area contributed by atoms with Crippen LogP contribution >= 0.6 is 24.0 Å². The van der Waals surface area contributed by atoms with E-state index in [0.717, 1.165) is 50.2 Å². The number of hydrogen-bond acceptors (Lipinski definition) is 4. The number of benzene rings is 1. The standard InChI is InChI=1S/C17H27N3O3.HI/c1-17(11-23-12-17)10-20-16(18-2)19-8-7-13-5-6-14(21-3)15(9-13)22-4;/h5-6,9H,7-8,10-12H2,1-4H3,(H2,18,19,20);1H. The van der Waals surface area contributed by atoms with Gasteiger partial charge in [-0.25, -0.2) is 0 Å². The van der Waals surface area contributed by atoms with Gasteiger partial charge >= 0.3 is 0 Å². The first kappa shape index (κ1) is 20.8. The molecule has 1 aliphatic rings. The molecule has 1 aliphatic heterocycles. The molecular weight excluding hydrogens is 421 g/mol. The van der Waals surface area contributed by atoms with Crippen molar-refractivity contribution in [3.63, 3.8) is 0 Å². The van der Waals surface area contributed by atoms with Gasteiger partial charge in [-0.15, -0.1) is 24.0 Å². The van der Waals surface area contributed by atoms with E-state index in [1.165, 1.54) is 5.56 Å². The van der Waals surface area contributed by atoms with Gasteiger partial charge in [0.1, 0.15) is 0 Å². The van der Waals surface area contributed by atoms with Gasteiger partial charge in [-0.2, -0.15) is 0 Å². The fourth-order valence-electron chi connectivity index (χ4n) is 2.43. The minimum Gasteiger partial charge on any atom is -0.493 e. The lowest BCUT2D eigenvalue weighted by Gasteiger charge is -2.38. The van der Waals surface area contributed by atoms with Crippen LogP contribution in [0.2, 0.25) is 0 Å². The Morgan fingerprint density at radius 3 is 2.46 bits per heavy atom. The van der Waals surface area contributed by atoms with Crippen LogP contribution in [0.15, 0.2) is 23.2 Å². The maximum Gasteiger partial charge on any atom is 0.191 e. The van der Waals surface area contributed by atoms with E-state index in [1.807, 2.05) is 18.2 Å². The fraction of sp³-hybridized carbons (Fsp3) is 0.588. The summed E-state index contributed by atoms with van der Waals surface area (Å²) in [6.45, 7) is 5.48. The molecule has 0 aromatic heterocycles. The Labute approximate surface area is 161 Å². The third-order valence-corrected chi connectivity index (χ3v) is 3.96. The van der Waals surface area contributed by atoms with Gasteiger partial charge < -0.3 is 24.8 Å². The number of aliphatic imine (C=N–C) groups is 1. The van der Waals surface area contributed by atoms with E-state index in [9.17, 15) is 0 Å². The van der Waals surface area contributed by atoms with E-state index >= 15 is 0 Å². The first-order valence-electron chi connectivity index (χ1n) is 7.83. The summed E-state index contributed by atoms with van der Waals surface area (Å²) in [6.07, 6.45) is 0.876. The van der Waals surface area contributed by atoms with E-state index in [0.29, 0.717) is 0 Å². The van der Waals surface area contributed by atoms with Crippen molar-refractivity contribution in [3.8, 4) is 11.5 Å². The number of hydrogen-bond donors (Lipinski definition) is 2. The SMILES string of the molecule is CN=C(NCCc1ccc(OC)c(OC)c1)NCC1(C)COC1.I. The van der Waals surface area contributed by atoms with Crippen molar-refractivity contribution in [1.29, 1.82) is 0 Å². The zero-order valence-electron chi connectivity index (χ0n) is 14.8. The molecular formula is C17H28IN3O3.